The summed E-state index contributed by atoms with van der Waals surface area (Å²) < 4.78 is 19.0. The minimum atomic E-state index is -1.27. The molecule has 0 bridgehead atoms. The molecule has 0 saturated heterocycles. The molecule has 7 nitrogen and oxygen atoms in total. The van der Waals surface area contributed by atoms with E-state index in [-0.39, 0.29) is 0 Å². The Labute approximate surface area is 157 Å². The van der Waals surface area contributed by atoms with Crippen LogP contribution >= 0.6 is 20.2 Å². The number of hydrogen-bond donors (Lipinski definition) is 0. The predicted molar refractivity (Wildman–Crippen MR) is 106 cm³/mol. The SMILES string of the molecule is CI(C)Oc1ccc(COc2ccc3oc(-n4ccnc4)nc3c2)nc1. The van der Waals surface area contributed by atoms with Crippen LogP contribution in [-0.2, 0) is 6.61 Å². The van der Waals surface area contributed by atoms with Crippen molar-refractivity contribution in [1.82, 2.24) is 19.5 Å². The number of oxazole rings is 1. The molecular weight excluding hydrogens is 447 g/mol. The number of benzene rings is 1. The number of hydrogen-bond acceptors (Lipinski definition) is 6. The summed E-state index contributed by atoms with van der Waals surface area (Å²) in [6, 6.07) is 9.87. The van der Waals surface area contributed by atoms with E-state index in [1.807, 2.05) is 30.3 Å². The molecule has 0 amide bonds. The van der Waals surface area contributed by atoms with Gasteiger partial charge >= 0.3 is 130 Å². The van der Waals surface area contributed by atoms with Crippen LogP contribution in [0.3, 0.4) is 0 Å². The first-order valence-electron chi connectivity index (χ1n) is 7.83. The molecule has 0 fully saturated rings. The summed E-state index contributed by atoms with van der Waals surface area (Å²) in [6.45, 7) is 0.374. The summed E-state index contributed by atoms with van der Waals surface area (Å²) in [5.41, 5.74) is 2.26. The molecule has 0 radical (unpaired) electrons. The fourth-order valence-corrected chi connectivity index (χ4v) is 3.62. The topological polar surface area (TPSA) is 75.2 Å². The van der Waals surface area contributed by atoms with E-state index in [4.69, 9.17) is 12.2 Å². The molecule has 0 aliphatic rings. The summed E-state index contributed by atoms with van der Waals surface area (Å²) in [4.78, 5) is 17.1. The second kappa shape index (κ2) is 7.32. The number of halogens is 1. The molecule has 8 heteroatoms. The van der Waals surface area contributed by atoms with Crippen molar-refractivity contribution in [2.45, 2.75) is 6.61 Å². The van der Waals surface area contributed by atoms with E-state index < -0.39 is 20.2 Å². The molecule has 3 aromatic heterocycles. The number of ether oxygens (including phenoxy) is 1. The first kappa shape index (κ1) is 16.8. The zero-order valence-electron chi connectivity index (χ0n) is 14.3. The van der Waals surface area contributed by atoms with Crippen molar-refractivity contribution in [1.29, 1.82) is 0 Å². The maximum absolute atomic E-state index is 5.83. The van der Waals surface area contributed by atoms with Crippen LogP contribution in [-0.4, -0.2) is 29.4 Å². The number of nitrogens with zero attached hydrogens (tertiary/aromatic N) is 4. The fraction of sp³-hybridized carbons (Fsp3) is 0.167. The Morgan fingerprint density at radius 3 is 2.77 bits per heavy atom. The van der Waals surface area contributed by atoms with Crippen molar-refractivity contribution in [2.24, 2.45) is 0 Å². The summed E-state index contributed by atoms with van der Waals surface area (Å²) in [5, 5.41) is 0. The average molecular weight is 464 g/mol. The predicted octanol–water partition coefficient (Wildman–Crippen LogP) is 4.05. The van der Waals surface area contributed by atoms with Gasteiger partial charge in [0, 0.05) is 12.4 Å². The van der Waals surface area contributed by atoms with Gasteiger partial charge in [-0.15, -0.1) is 0 Å². The Hall–Kier alpha value is -2.62. The van der Waals surface area contributed by atoms with Crippen molar-refractivity contribution in [2.75, 3.05) is 9.86 Å². The molecule has 0 aliphatic heterocycles. The number of alkyl halides is 2. The van der Waals surface area contributed by atoms with Gasteiger partial charge < -0.3 is 0 Å². The van der Waals surface area contributed by atoms with Crippen LogP contribution in [0.1, 0.15) is 5.69 Å². The van der Waals surface area contributed by atoms with Crippen molar-refractivity contribution < 1.29 is 12.2 Å². The van der Waals surface area contributed by atoms with E-state index in [1.54, 1.807) is 29.5 Å². The summed E-state index contributed by atoms with van der Waals surface area (Å²) in [5.74, 6) is 1.53. The van der Waals surface area contributed by atoms with Crippen LogP contribution in [0.15, 0.2) is 59.7 Å². The molecular formula is C18H17IN4O3. The Balaban J connectivity index is 1.45. The van der Waals surface area contributed by atoms with E-state index in [1.165, 1.54) is 0 Å². The number of imidazole rings is 1. The van der Waals surface area contributed by atoms with Crippen LogP contribution < -0.4 is 7.80 Å². The summed E-state index contributed by atoms with van der Waals surface area (Å²) >= 11 is -1.27. The average Bonchev–Trinajstić information content (AvgIpc) is 3.29. The van der Waals surface area contributed by atoms with Crippen LogP contribution in [0.25, 0.3) is 17.1 Å². The second-order valence-corrected chi connectivity index (χ2v) is 9.99. The third-order valence-electron chi connectivity index (χ3n) is 3.50. The fourth-order valence-electron chi connectivity index (χ4n) is 2.34. The summed E-state index contributed by atoms with van der Waals surface area (Å²) in [6.07, 6.45) is 6.84. The number of fused-ring (bicyclic) bond motifs is 1. The second-order valence-electron chi connectivity index (χ2n) is 5.63. The van der Waals surface area contributed by atoms with Crippen LogP contribution in [0.2, 0.25) is 0 Å². The molecule has 4 aromatic rings. The van der Waals surface area contributed by atoms with Gasteiger partial charge in [0.1, 0.15) is 6.33 Å². The number of aromatic nitrogens is 4. The van der Waals surface area contributed by atoms with Crippen LogP contribution in [0, 0.1) is 0 Å². The van der Waals surface area contributed by atoms with Crippen LogP contribution in [0.5, 0.6) is 11.5 Å². The third kappa shape index (κ3) is 3.79. The minimum absolute atomic E-state index is 0.374. The first-order valence-corrected chi connectivity index (χ1v) is 13.0. The molecule has 26 heavy (non-hydrogen) atoms. The van der Waals surface area contributed by atoms with E-state index in [0.717, 1.165) is 17.0 Å². The van der Waals surface area contributed by atoms with E-state index >= 15 is 0 Å². The van der Waals surface area contributed by atoms with Gasteiger partial charge in [-0.1, -0.05) is 0 Å². The van der Waals surface area contributed by atoms with Crippen molar-refractivity contribution in [3.63, 3.8) is 0 Å². The van der Waals surface area contributed by atoms with Crippen molar-refractivity contribution >= 4 is 31.3 Å². The van der Waals surface area contributed by atoms with Gasteiger partial charge in [0.05, 0.1) is 0 Å². The summed E-state index contributed by atoms with van der Waals surface area (Å²) in [7, 11) is 0. The van der Waals surface area contributed by atoms with Gasteiger partial charge in [0.2, 0.25) is 0 Å². The third-order valence-corrected chi connectivity index (χ3v) is 4.89. The monoisotopic (exact) mass is 464 g/mol. The van der Waals surface area contributed by atoms with Crippen molar-refractivity contribution in [3.05, 3.63) is 60.9 Å². The molecule has 1 aromatic carbocycles. The quantitative estimate of drug-likeness (QED) is 0.317. The van der Waals surface area contributed by atoms with Gasteiger partial charge in [-0.3, -0.25) is 4.57 Å². The zero-order valence-corrected chi connectivity index (χ0v) is 16.5. The first-order chi connectivity index (χ1) is 12.7. The molecule has 0 spiro atoms. The Morgan fingerprint density at radius 2 is 2.04 bits per heavy atom. The maximum atomic E-state index is 5.83. The Morgan fingerprint density at radius 1 is 1.15 bits per heavy atom. The molecule has 134 valence electrons. The molecule has 0 saturated carbocycles. The van der Waals surface area contributed by atoms with Gasteiger partial charge in [-0.05, 0) is 0 Å². The zero-order chi connectivity index (χ0) is 17.9. The van der Waals surface area contributed by atoms with Crippen LogP contribution in [0.4, 0.5) is 0 Å². The van der Waals surface area contributed by atoms with Gasteiger partial charge in [-0.25, -0.2) is 4.98 Å². The number of pyridine rings is 1. The molecule has 4 rings (SSSR count). The van der Waals surface area contributed by atoms with Gasteiger partial charge in [0.15, 0.2) is 0 Å². The molecule has 0 N–H and O–H groups in total. The van der Waals surface area contributed by atoms with E-state index in [2.05, 4.69) is 24.8 Å². The Bertz CT molecular complexity index is 997. The van der Waals surface area contributed by atoms with E-state index in [9.17, 15) is 0 Å². The molecule has 0 atom stereocenters. The molecule has 0 aliphatic carbocycles. The van der Waals surface area contributed by atoms with Gasteiger partial charge in [-0.2, -0.15) is 0 Å². The molecule has 3 heterocycles. The Kier molecular flexibility index (Phi) is 4.74. The van der Waals surface area contributed by atoms with Crippen molar-refractivity contribution in [3.8, 4) is 17.5 Å². The number of rotatable bonds is 6. The molecule has 0 unspecified atom stereocenters. The van der Waals surface area contributed by atoms with E-state index in [0.29, 0.717) is 24.0 Å². The normalized spacial score (nSPS) is 11.5. The van der Waals surface area contributed by atoms with Gasteiger partial charge in [0.25, 0.3) is 0 Å². The standard InChI is InChI=1S/C18H17IN4O3/c1-19(2)26-15-4-3-13(21-10-15)11-24-14-5-6-17-16(9-14)22-18(25-17)23-8-7-20-12-23/h3-10,12H,11H2,1-2H3.